The quantitative estimate of drug-likeness (QED) is 0.793. The summed E-state index contributed by atoms with van der Waals surface area (Å²) in [6, 6.07) is 6.27. The topological polar surface area (TPSA) is 68.8 Å². The second kappa shape index (κ2) is 5.24. The van der Waals surface area contributed by atoms with Gasteiger partial charge in [-0.25, -0.2) is 0 Å². The highest BCUT2D eigenvalue weighted by atomic mass is 79.9. The molecule has 0 fully saturated rings. The number of benzene rings is 1. The molecule has 1 aromatic carbocycles. The Morgan fingerprint density at radius 2 is 2.30 bits per heavy atom. The van der Waals surface area contributed by atoms with E-state index in [4.69, 9.17) is 4.42 Å². The molecule has 0 radical (unpaired) electrons. The van der Waals surface area contributed by atoms with Crippen LogP contribution in [0.2, 0.25) is 0 Å². The highest BCUT2D eigenvalue weighted by Crippen LogP contribution is 2.23. The van der Waals surface area contributed by atoms with Gasteiger partial charge < -0.3 is 14.3 Å². The number of fused-ring (bicyclic) bond motifs is 1. The first-order chi connectivity index (χ1) is 9.63. The molecule has 0 aliphatic heterocycles. The van der Waals surface area contributed by atoms with Crippen molar-refractivity contribution in [1.82, 2.24) is 19.7 Å². The zero-order chi connectivity index (χ0) is 14.1. The highest BCUT2D eigenvalue weighted by Gasteiger charge is 2.13. The van der Waals surface area contributed by atoms with Crippen LogP contribution in [0, 0.1) is 0 Å². The fourth-order valence-electron chi connectivity index (χ4n) is 2.05. The van der Waals surface area contributed by atoms with Gasteiger partial charge in [0.1, 0.15) is 17.7 Å². The van der Waals surface area contributed by atoms with E-state index in [9.17, 15) is 0 Å². The van der Waals surface area contributed by atoms with Gasteiger partial charge in [-0.3, -0.25) is 0 Å². The Labute approximate surface area is 124 Å². The minimum absolute atomic E-state index is 0.212. The summed E-state index contributed by atoms with van der Waals surface area (Å²) in [6.07, 6.45) is 1.70. The van der Waals surface area contributed by atoms with E-state index in [0.717, 1.165) is 21.4 Å². The first-order valence-electron chi connectivity index (χ1n) is 6.27. The summed E-state index contributed by atoms with van der Waals surface area (Å²) in [5.74, 6) is 1.14. The van der Waals surface area contributed by atoms with Gasteiger partial charge >= 0.3 is 0 Å². The van der Waals surface area contributed by atoms with Crippen LogP contribution in [0.4, 0.5) is 6.01 Å². The van der Waals surface area contributed by atoms with E-state index in [1.54, 1.807) is 6.33 Å². The van der Waals surface area contributed by atoms with Crippen LogP contribution in [0.25, 0.3) is 11.1 Å². The van der Waals surface area contributed by atoms with Crippen LogP contribution in [0.5, 0.6) is 0 Å². The maximum absolute atomic E-state index is 5.64. The second-order valence-corrected chi connectivity index (χ2v) is 5.63. The molecule has 3 aromatic rings. The fraction of sp³-hybridized carbons (Fsp3) is 0.308. The molecule has 0 spiro atoms. The van der Waals surface area contributed by atoms with Gasteiger partial charge in [-0.05, 0) is 18.2 Å². The summed E-state index contributed by atoms with van der Waals surface area (Å²) < 4.78 is 8.53. The van der Waals surface area contributed by atoms with Gasteiger partial charge in [0, 0.05) is 24.0 Å². The molecule has 0 bridgehead atoms. The van der Waals surface area contributed by atoms with E-state index in [-0.39, 0.29) is 5.92 Å². The third kappa shape index (κ3) is 2.53. The van der Waals surface area contributed by atoms with Crippen molar-refractivity contribution in [1.29, 1.82) is 0 Å². The molecular weight excluding hydrogens is 322 g/mol. The largest absolute Gasteiger partial charge is 0.424 e. The number of aromatic nitrogens is 4. The smallest absolute Gasteiger partial charge is 0.295 e. The predicted octanol–water partition coefficient (Wildman–Crippen LogP) is 2.93. The molecule has 0 aliphatic carbocycles. The number of nitrogens with one attached hydrogen (secondary N) is 1. The van der Waals surface area contributed by atoms with Crippen LogP contribution in [0.1, 0.15) is 18.7 Å². The molecule has 0 amide bonds. The molecule has 20 heavy (non-hydrogen) atoms. The van der Waals surface area contributed by atoms with E-state index < -0.39 is 0 Å². The molecule has 3 rings (SSSR count). The van der Waals surface area contributed by atoms with Crippen molar-refractivity contribution < 1.29 is 4.42 Å². The van der Waals surface area contributed by atoms with E-state index in [2.05, 4.69) is 43.4 Å². The summed E-state index contributed by atoms with van der Waals surface area (Å²) >= 11 is 3.42. The lowest BCUT2D eigenvalue weighted by molar-refractivity contribution is 0.601. The third-order valence-electron chi connectivity index (χ3n) is 3.10. The standard InChI is InChI=1S/C13H14BrN5O/c1-8(12-18-16-7-19(12)2)6-15-13-17-10-5-9(14)3-4-11(10)20-13/h3-5,7-8H,6H2,1-2H3,(H,15,17). The first kappa shape index (κ1) is 13.1. The number of oxazole rings is 1. The van der Waals surface area contributed by atoms with Crippen molar-refractivity contribution in [2.24, 2.45) is 7.05 Å². The predicted molar refractivity (Wildman–Crippen MR) is 79.6 cm³/mol. The summed E-state index contributed by atoms with van der Waals surface area (Å²) in [4.78, 5) is 4.40. The van der Waals surface area contributed by atoms with Crippen molar-refractivity contribution in [2.75, 3.05) is 11.9 Å². The van der Waals surface area contributed by atoms with Gasteiger partial charge in [-0.2, -0.15) is 4.98 Å². The monoisotopic (exact) mass is 335 g/mol. The molecule has 6 nitrogen and oxygen atoms in total. The highest BCUT2D eigenvalue weighted by molar-refractivity contribution is 9.10. The number of rotatable bonds is 4. The van der Waals surface area contributed by atoms with Crippen molar-refractivity contribution in [3.63, 3.8) is 0 Å². The maximum Gasteiger partial charge on any atom is 0.295 e. The number of halogens is 1. The Balaban J connectivity index is 1.72. The molecule has 0 saturated carbocycles. The summed E-state index contributed by atoms with van der Waals surface area (Å²) in [7, 11) is 1.93. The van der Waals surface area contributed by atoms with Crippen LogP contribution in [0.15, 0.2) is 33.4 Å². The fourth-order valence-corrected chi connectivity index (χ4v) is 2.40. The zero-order valence-electron chi connectivity index (χ0n) is 11.2. The minimum Gasteiger partial charge on any atom is -0.424 e. The first-order valence-corrected chi connectivity index (χ1v) is 7.06. The van der Waals surface area contributed by atoms with E-state index >= 15 is 0 Å². The van der Waals surface area contributed by atoms with Crippen LogP contribution >= 0.6 is 15.9 Å². The van der Waals surface area contributed by atoms with Gasteiger partial charge in [-0.1, -0.05) is 22.9 Å². The van der Waals surface area contributed by atoms with Gasteiger partial charge in [0.25, 0.3) is 6.01 Å². The van der Waals surface area contributed by atoms with Crippen LogP contribution in [0.3, 0.4) is 0 Å². The molecule has 2 aromatic heterocycles. The molecule has 0 saturated heterocycles. The van der Waals surface area contributed by atoms with Gasteiger partial charge in [0.05, 0.1) is 0 Å². The number of anilines is 1. The van der Waals surface area contributed by atoms with E-state index in [0.29, 0.717) is 12.6 Å². The van der Waals surface area contributed by atoms with Crippen molar-refractivity contribution >= 4 is 33.0 Å². The Morgan fingerprint density at radius 1 is 1.45 bits per heavy atom. The van der Waals surface area contributed by atoms with Gasteiger partial charge in [-0.15, -0.1) is 10.2 Å². The van der Waals surface area contributed by atoms with Gasteiger partial charge in [0.15, 0.2) is 5.58 Å². The van der Waals surface area contributed by atoms with Crippen LogP contribution < -0.4 is 5.32 Å². The Hall–Kier alpha value is -1.89. The third-order valence-corrected chi connectivity index (χ3v) is 3.59. The van der Waals surface area contributed by atoms with E-state index in [1.165, 1.54) is 0 Å². The summed E-state index contributed by atoms with van der Waals surface area (Å²) in [6.45, 7) is 2.76. The molecule has 1 unspecified atom stereocenters. The zero-order valence-corrected chi connectivity index (χ0v) is 12.8. The SMILES string of the molecule is CC(CNc1nc2cc(Br)ccc2o1)c1nncn1C. The number of hydrogen-bond donors (Lipinski definition) is 1. The normalized spacial score (nSPS) is 12.8. The molecule has 2 heterocycles. The molecule has 7 heteroatoms. The minimum atomic E-state index is 0.212. The lowest BCUT2D eigenvalue weighted by atomic mass is 10.1. The molecule has 1 N–H and O–H groups in total. The molecular formula is C13H14BrN5O. The lowest BCUT2D eigenvalue weighted by Gasteiger charge is -2.10. The van der Waals surface area contributed by atoms with Crippen LogP contribution in [-0.4, -0.2) is 26.3 Å². The lowest BCUT2D eigenvalue weighted by Crippen LogP contribution is -2.13. The maximum atomic E-state index is 5.64. The molecule has 1 atom stereocenters. The van der Waals surface area contributed by atoms with Crippen molar-refractivity contribution in [2.45, 2.75) is 12.8 Å². The second-order valence-electron chi connectivity index (χ2n) is 4.71. The summed E-state index contributed by atoms with van der Waals surface area (Å²) in [5.41, 5.74) is 1.59. The van der Waals surface area contributed by atoms with Gasteiger partial charge in [0.2, 0.25) is 0 Å². The summed E-state index contributed by atoms with van der Waals surface area (Å²) in [5, 5.41) is 11.2. The Kier molecular flexibility index (Phi) is 3.43. The average molecular weight is 336 g/mol. The molecule has 104 valence electrons. The average Bonchev–Trinajstić information content (AvgIpc) is 3.01. The number of nitrogens with zero attached hydrogens (tertiary/aromatic N) is 4. The number of aryl methyl sites for hydroxylation is 1. The van der Waals surface area contributed by atoms with Crippen molar-refractivity contribution in [3.8, 4) is 0 Å². The van der Waals surface area contributed by atoms with E-state index in [1.807, 2.05) is 29.8 Å². The Bertz CT molecular complexity index is 735. The number of hydrogen-bond acceptors (Lipinski definition) is 5. The van der Waals surface area contributed by atoms with Crippen LogP contribution in [-0.2, 0) is 7.05 Å². The molecule has 0 aliphatic rings. The Morgan fingerprint density at radius 3 is 3.05 bits per heavy atom. The van der Waals surface area contributed by atoms with Crippen molar-refractivity contribution in [3.05, 3.63) is 34.8 Å².